The van der Waals surface area contributed by atoms with Crippen LogP contribution >= 0.6 is 34.9 Å². The second-order valence-corrected chi connectivity index (χ2v) is 11.9. The van der Waals surface area contributed by atoms with Crippen LogP contribution in [0.25, 0.3) is 10.2 Å². The topological polar surface area (TPSA) is 47.5 Å². The van der Waals surface area contributed by atoms with E-state index in [1.54, 1.807) is 11.8 Å². The minimum Gasteiger partial charge on any atom is -0.379 e. The fourth-order valence-electron chi connectivity index (χ4n) is 3.48. The van der Waals surface area contributed by atoms with Crippen LogP contribution in [0.1, 0.15) is 38.1 Å². The summed E-state index contributed by atoms with van der Waals surface area (Å²) < 4.78 is 12.8. The van der Waals surface area contributed by atoms with Crippen molar-refractivity contribution in [2.45, 2.75) is 61.8 Å². The van der Waals surface area contributed by atoms with Crippen molar-refractivity contribution in [2.24, 2.45) is 0 Å². The molecule has 2 aliphatic heterocycles. The quantitative estimate of drug-likeness (QED) is 0.374. The number of ether oxygens (including phenoxy) is 2. The van der Waals surface area contributed by atoms with Gasteiger partial charge in [0.15, 0.2) is 5.16 Å². The molecule has 0 atom stereocenters. The van der Waals surface area contributed by atoms with Crippen molar-refractivity contribution in [1.29, 1.82) is 0 Å². The minimum atomic E-state index is -0.0968. The number of thiophene rings is 1. The fourth-order valence-corrected chi connectivity index (χ4v) is 6.81. The molecule has 0 aromatic carbocycles. The number of hydrogen-bond donors (Lipinski definition) is 0. The van der Waals surface area contributed by atoms with Gasteiger partial charge >= 0.3 is 0 Å². The maximum absolute atomic E-state index is 6.09. The monoisotopic (exact) mass is 439 g/mol. The first kappa shape index (κ1) is 20.9. The lowest BCUT2D eigenvalue weighted by Gasteiger charge is -2.29. The van der Waals surface area contributed by atoms with Gasteiger partial charge in [-0.25, -0.2) is 9.97 Å². The lowest BCUT2D eigenvalue weighted by molar-refractivity contribution is -0.0383. The fraction of sp³-hybridized carbons (Fsp3) is 0.700. The average Bonchev–Trinajstić information content (AvgIpc) is 2.98. The summed E-state index contributed by atoms with van der Waals surface area (Å²) in [6.07, 6.45) is 0.952. The number of hydrogen-bond acceptors (Lipinski definition) is 8. The number of thioether (sulfide) groups is 2. The van der Waals surface area contributed by atoms with Gasteiger partial charge in [-0.1, -0.05) is 25.6 Å². The van der Waals surface area contributed by atoms with Crippen LogP contribution in [-0.4, -0.2) is 64.3 Å². The SMILES string of the molecule is CC(C)Sc1nc(SCCN2CCOCC2)c2sc3c(c2n1)COC(C)(C)C3. The van der Waals surface area contributed by atoms with Gasteiger partial charge in [-0.3, -0.25) is 4.90 Å². The van der Waals surface area contributed by atoms with Crippen LogP contribution in [0.4, 0.5) is 0 Å². The molecule has 2 aromatic heterocycles. The second kappa shape index (κ2) is 8.78. The smallest absolute Gasteiger partial charge is 0.189 e. The van der Waals surface area contributed by atoms with Crippen molar-refractivity contribution in [2.75, 3.05) is 38.6 Å². The number of morpholine rings is 1. The lowest BCUT2D eigenvalue weighted by Crippen LogP contribution is -2.37. The van der Waals surface area contributed by atoms with Crippen LogP contribution in [0.15, 0.2) is 10.2 Å². The molecule has 4 rings (SSSR count). The Morgan fingerprint density at radius 1 is 1.21 bits per heavy atom. The van der Waals surface area contributed by atoms with Gasteiger partial charge < -0.3 is 9.47 Å². The highest BCUT2D eigenvalue weighted by molar-refractivity contribution is 8.00. The first-order chi connectivity index (χ1) is 13.4. The van der Waals surface area contributed by atoms with Crippen LogP contribution in [0.2, 0.25) is 0 Å². The van der Waals surface area contributed by atoms with Gasteiger partial charge in [0.2, 0.25) is 0 Å². The van der Waals surface area contributed by atoms with Gasteiger partial charge in [0.1, 0.15) is 5.03 Å². The Labute approximate surface area is 180 Å². The maximum Gasteiger partial charge on any atom is 0.189 e. The van der Waals surface area contributed by atoms with E-state index in [4.69, 9.17) is 19.4 Å². The van der Waals surface area contributed by atoms with Crippen molar-refractivity contribution < 1.29 is 9.47 Å². The third-order valence-electron chi connectivity index (χ3n) is 4.95. The van der Waals surface area contributed by atoms with Gasteiger partial charge in [0.25, 0.3) is 0 Å². The summed E-state index contributed by atoms with van der Waals surface area (Å²) in [6, 6.07) is 0. The summed E-state index contributed by atoms with van der Waals surface area (Å²) in [5.41, 5.74) is 2.30. The van der Waals surface area contributed by atoms with Gasteiger partial charge in [-0.2, -0.15) is 0 Å². The highest BCUT2D eigenvalue weighted by atomic mass is 32.2. The summed E-state index contributed by atoms with van der Waals surface area (Å²) >= 11 is 5.49. The zero-order valence-corrected chi connectivity index (χ0v) is 19.6. The van der Waals surface area contributed by atoms with Crippen LogP contribution in [0, 0.1) is 0 Å². The molecule has 5 nitrogen and oxygen atoms in total. The number of fused-ring (bicyclic) bond motifs is 3. The van der Waals surface area contributed by atoms with E-state index in [9.17, 15) is 0 Å². The molecule has 0 spiro atoms. The molecular formula is C20H29N3O2S3. The molecule has 0 unspecified atom stereocenters. The molecule has 154 valence electrons. The van der Waals surface area contributed by atoms with Crippen LogP contribution < -0.4 is 0 Å². The van der Waals surface area contributed by atoms with E-state index in [1.165, 1.54) is 15.1 Å². The molecule has 1 saturated heterocycles. The van der Waals surface area contributed by atoms with E-state index in [0.717, 1.165) is 60.7 Å². The predicted octanol–water partition coefficient (Wildman–Crippen LogP) is 4.47. The summed E-state index contributed by atoms with van der Waals surface area (Å²) in [5.74, 6) is 1.04. The molecule has 0 amide bonds. The lowest BCUT2D eigenvalue weighted by atomic mass is 9.98. The molecule has 1 fully saturated rings. The Kier molecular flexibility index (Phi) is 6.54. The summed E-state index contributed by atoms with van der Waals surface area (Å²) in [7, 11) is 0. The molecule has 28 heavy (non-hydrogen) atoms. The Bertz CT molecular complexity index is 832. The van der Waals surface area contributed by atoms with E-state index in [2.05, 4.69) is 32.6 Å². The van der Waals surface area contributed by atoms with Crippen molar-refractivity contribution >= 4 is 45.1 Å². The molecule has 0 radical (unpaired) electrons. The zero-order chi connectivity index (χ0) is 19.7. The highest BCUT2D eigenvalue weighted by Crippen LogP contribution is 2.42. The van der Waals surface area contributed by atoms with E-state index < -0.39 is 0 Å². The van der Waals surface area contributed by atoms with Crippen molar-refractivity contribution in [3.63, 3.8) is 0 Å². The molecule has 8 heteroatoms. The van der Waals surface area contributed by atoms with E-state index >= 15 is 0 Å². The number of aromatic nitrogens is 2. The first-order valence-corrected chi connectivity index (χ1v) is 12.7. The molecule has 2 aliphatic rings. The number of rotatable bonds is 6. The molecule has 0 bridgehead atoms. The van der Waals surface area contributed by atoms with Crippen LogP contribution in [-0.2, 0) is 22.5 Å². The third kappa shape index (κ3) is 4.84. The largest absolute Gasteiger partial charge is 0.379 e. The average molecular weight is 440 g/mol. The maximum atomic E-state index is 6.09. The van der Waals surface area contributed by atoms with Gasteiger partial charge in [0.05, 0.1) is 35.6 Å². The van der Waals surface area contributed by atoms with E-state index in [-0.39, 0.29) is 5.60 Å². The first-order valence-electron chi connectivity index (χ1n) is 9.97. The second-order valence-electron chi connectivity index (χ2n) is 8.19. The molecule has 0 N–H and O–H groups in total. The van der Waals surface area contributed by atoms with Gasteiger partial charge in [-0.05, 0) is 13.8 Å². The van der Waals surface area contributed by atoms with Crippen molar-refractivity contribution in [3.05, 3.63) is 10.4 Å². The highest BCUT2D eigenvalue weighted by Gasteiger charge is 2.30. The van der Waals surface area contributed by atoms with Gasteiger partial charge in [-0.15, -0.1) is 23.1 Å². The summed E-state index contributed by atoms with van der Waals surface area (Å²) in [6.45, 7) is 14.2. The minimum absolute atomic E-state index is 0.0968. The van der Waals surface area contributed by atoms with Gasteiger partial charge in [0, 0.05) is 47.5 Å². The van der Waals surface area contributed by atoms with E-state index in [0.29, 0.717) is 11.9 Å². The zero-order valence-electron chi connectivity index (χ0n) is 17.1. The molecule has 0 saturated carbocycles. The van der Waals surface area contributed by atoms with Crippen LogP contribution in [0.3, 0.4) is 0 Å². The van der Waals surface area contributed by atoms with Crippen molar-refractivity contribution in [1.82, 2.24) is 14.9 Å². The molecule has 2 aromatic rings. The molecule has 0 aliphatic carbocycles. The molecule has 4 heterocycles. The number of nitrogens with zero attached hydrogens (tertiary/aromatic N) is 3. The Hall–Kier alpha value is -0.380. The van der Waals surface area contributed by atoms with Crippen LogP contribution in [0.5, 0.6) is 0 Å². The standard InChI is InChI=1S/C20H29N3O2S3/c1-13(2)27-19-21-16-14-12-25-20(3,4)11-15(14)28-17(16)18(22-19)26-10-7-23-5-8-24-9-6-23/h13H,5-12H2,1-4H3. The predicted molar refractivity (Wildman–Crippen MR) is 119 cm³/mol. The summed E-state index contributed by atoms with van der Waals surface area (Å²) in [4.78, 5) is 13.8. The Balaban J connectivity index is 1.60. The Morgan fingerprint density at radius 2 is 2.00 bits per heavy atom. The normalized spacial score (nSPS) is 20.0. The summed E-state index contributed by atoms with van der Waals surface area (Å²) in [5, 5.41) is 2.49. The molecular weight excluding hydrogens is 410 g/mol. The third-order valence-corrected chi connectivity index (χ3v) is 8.12. The van der Waals surface area contributed by atoms with E-state index in [1.807, 2.05) is 23.1 Å². The van der Waals surface area contributed by atoms with Crippen molar-refractivity contribution in [3.8, 4) is 0 Å². The Morgan fingerprint density at radius 3 is 2.75 bits per heavy atom.